The van der Waals surface area contributed by atoms with Crippen LogP contribution in [-0.4, -0.2) is 74.9 Å². The number of aromatic nitrogens is 1. The molecule has 154 valence electrons. The number of pyridine rings is 1. The number of aliphatic imine (C=N–C) groups is 1. The Labute approximate surface area is 166 Å². The van der Waals surface area contributed by atoms with Crippen molar-refractivity contribution < 1.29 is 14.3 Å². The first-order valence-electron chi connectivity index (χ1n) is 9.86. The van der Waals surface area contributed by atoms with Crippen molar-refractivity contribution in [3.05, 3.63) is 23.9 Å². The van der Waals surface area contributed by atoms with Gasteiger partial charge in [0.1, 0.15) is 5.82 Å². The van der Waals surface area contributed by atoms with E-state index >= 15 is 0 Å². The molecule has 1 aromatic rings. The van der Waals surface area contributed by atoms with Gasteiger partial charge < -0.3 is 24.6 Å². The minimum atomic E-state index is -0.150. The summed E-state index contributed by atoms with van der Waals surface area (Å²) in [7, 11) is 3.21. The van der Waals surface area contributed by atoms with E-state index < -0.39 is 0 Å². The molecule has 1 aromatic heterocycles. The average molecular weight is 390 g/mol. The molecule has 3 unspecified atom stereocenters. The first-order chi connectivity index (χ1) is 13.5. The van der Waals surface area contributed by atoms with Crippen LogP contribution in [0.1, 0.15) is 19.4 Å². The lowest BCUT2D eigenvalue weighted by atomic mass is 9.99. The Bertz CT molecular complexity index is 694. The molecule has 3 heterocycles. The summed E-state index contributed by atoms with van der Waals surface area (Å²) < 4.78 is 10.5. The van der Waals surface area contributed by atoms with Gasteiger partial charge in [-0.25, -0.2) is 4.98 Å². The van der Waals surface area contributed by atoms with Gasteiger partial charge in [0.25, 0.3) is 0 Å². The minimum absolute atomic E-state index is 0.111. The van der Waals surface area contributed by atoms with E-state index in [4.69, 9.17) is 9.47 Å². The maximum atomic E-state index is 11.9. The van der Waals surface area contributed by atoms with Crippen molar-refractivity contribution in [3.8, 4) is 0 Å². The molecule has 0 amide bonds. The summed E-state index contributed by atoms with van der Waals surface area (Å²) in [6, 6.07) is 4.15. The number of nitrogens with one attached hydrogen (secondary N) is 1. The first kappa shape index (κ1) is 20.4. The van der Waals surface area contributed by atoms with E-state index in [1.165, 1.54) is 7.11 Å². The number of guanidine groups is 1. The zero-order chi connectivity index (χ0) is 20.1. The maximum absolute atomic E-state index is 11.9. The number of likely N-dealkylation sites (tertiary alicyclic amines) is 1. The number of hydrogen-bond donors (Lipinski definition) is 1. The Hall–Kier alpha value is -2.35. The second kappa shape index (κ2) is 9.23. The van der Waals surface area contributed by atoms with Crippen LogP contribution in [0.25, 0.3) is 0 Å². The van der Waals surface area contributed by atoms with Crippen molar-refractivity contribution in [1.29, 1.82) is 0 Å². The van der Waals surface area contributed by atoms with Gasteiger partial charge in [-0.3, -0.25) is 9.79 Å². The number of rotatable bonds is 4. The second-order valence-corrected chi connectivity index (χ2v) is 7.56. The van der Waals surface area contributed by atoms with Crippen molar-refractivity contribution >= 4 is 17.7 Å². The number of carbonyl (C=O) groups excluding carboxylic acids is 1. The number of methoxy groups -OCH3 is 1. The number of hydrogen-bond acceptors (Lipinski definition) is 6. The Kier molecular flexibility index (Phi) is 6.72. The molecule has 2 fully saturated rings. The number of carbonyl (C=O) groups is 1. The smallest absolute Gasteiger partial charge is 0.310 e. The molecule has 0 bridgehead atoms. The van der Waals surface area contributed by atoms with Gasteiger partial charge in [0.05, 0.1) is 25.7 Å². The molecule has 0 aromatic carbocycles. The zero-order valence-electron chi connectivity index (χ0n) is 17.2. The molecule has 0 spiro atoms. The van der Waals surface area contributed by atoms with Crippen molar-refractivity contribution in [2.24, 2.45) is 16.8 Å². The average Bonchev–Trinajstić information content (AvgIpc) is 3.10. The molecule has 28 heavy (non-hydrogen) atoms. The van der Waals surface area contributed by atoms with Crippen LogP contribution in [0.5, 0.6) is 0 Å². The fourth-order valence-electron chi connectivity index (χ4n) is 3.85. The topological polar surface area (TPSA) is 79.3 Å². The predicted molar refractivity (Wildman–Crippen MR) is 108 cm³/mol. The summed E-state index contributed by atoms with van der Waals surface area (Å²) in [5.41, 5.74) is 1.09. The SMILES string of the molecule is CN=C(NCc1ccc(N2CCOC(C)C2)nc1)N1CC(C)C(C(=O)OC)C1. The van der Waals surface area contributed by atoms with Crippen LogP contribution < -0.4 is 10.2 Å². The molecule has 0 saturated carbocycles. The molecule has 3 atom stereocenters. The van der Waals surface area contributed by atoms with Gasteiger partial charge in [0.2, 0.25) is 0 Å². The number of ether oxygens (including phenoxy) is 2. The predicted octanol–water partition coefficient (Wildman–Crippen LogP) is 1.12. The molecule has 0 radical (unpaired) electrons. The summed E-state index contributed by atoms with van der Waals surface area (Å²) in [4.78, 5) is 25.3. The highest BCUT2D eigenvalue weighted by molar-refractivity contribution is 5.82. The lowest BCUT2D eigenvalue weighted by Crippen LogP contribution is -2.41. The molecule has 2 aliphatic rings. The third kappa shape index (κ3) is 4.73. The molecule has 8 heteroatoms. The van der Waals surface area contributed by atoms with Crippen LogP contribution in [0.3, 0.4) is 0 Å². The third-order valence-corrected chi connectivity index (χ3v) is 5.45. The highest BCUT2D eigenvalue weighted by Crippen LogP contribution is 2.24. The van der Waals surface area contributed by atoms with Gasteiger partial charge in [0, 0.05) is 46.0 Å². The van der Waals surface area contributed by atoms with Gasteiger partial charge >= 0.3 is 5.97 Å². The summed E-state index contributed by atoms with van der Waals surface area (Å²) in [5, 5.41) is 3.38. The Morgan fingerprint density at radius 3 is 2.82 bits per heavy atom. The number of nitrogens with zero attached hydrogens (tertiary/aromatic N) is 4. The van der Waals surface area contributed by atoms with E-state index in [2.05, 4.69) is 51.1 Å². The van der Waals surface area contributed by atoms with Gasteiger partial charge in [-0.05, 0) is 24.5 Å². The van der Waals surface area contributed by atoms with Gasteiger partial charge in [-0.15, -0.1) is 0 Å². The number of esters is 1. The number of morpholine rings is 1. The van der Waals surface area contributed by atoms with Crippen molar-refractivity contribution in [2.45, 2.75) is 26.5 Å². The fourth-order valence-corrected chi connectivity index (χ4v) is 3.85. The van der Waals surface area contributed by atoms with Crippen molar-refractivity contribution in [2.75, 3.05) is 51.8 Å². The third-order valence-electron chi connectivity index (χ3n) is 5.45. The van der Waals surface area contributed by atoms with Crippen LogP contribution >= 0.6 is 0 Å². The lowest BCUT2D eigenvalue weighted by molar-refractivity contribution is -0.145. The Balaban J connectivity index is 1.55. The molecule has 8 nitrogen and oxygen atoms in total. The van der Waals surface area contributed by atoms with Gasteiger partial charge in [-0.2, -0.15) is 0 Å². The van der Waals surface area contributed by atoms with Crippen LogP contribution in [0.4, 0.5) is 5.82 Å². The Morgan fingerprint density at radius 2 is 2.18 bits per heavy atom. The Morgan fingerprint density at radius 1 is 1.36 bits per heavy atom. The minimum Gasteiger partial charge on any atom is -0.469 e. The van der Waals surface area contributed by atoms with Crippen LogP contribution in [0.15, 0.2) is 23.3 Å². The molecule has 3 rings (SSSR count). The largest absolute Gasteiger partial charge is 0.469 e. The molecule has 0 aliphatic carbocycles. The van der Waals surface area contributed by atoms with Crippen molar-refractivity contribution in [1.82, 2.24) is 15.2 Å². The van der Waals surface area contributed by atoms with E-state index in [-0.39, 0.29) is 23.9 Å². The molecule has 2 saturated heterocycles. The van der Waals surface area contributed by atoms with Gasteiger partial charge in [-0.1, -0.05) is 13.0 Å². The summed E-state index contributed by atoms with van der Waals surface area (Å²) in [6.45, 7) is 8.67. The van der Waals surface area contributed by atoms with E-state index in [0.717, 1.165) is 43.6 Å². The quantitative estimate of drug-likeness (QED) is 0.470. The highest BCUT2D eigenvalue weighted by Gasteiger charge is 2.36. The zero-order valence-corrected chi connectivity index (χ0v) is 17.2. The maximum Gasteiger partial charge on any atom is 0.310 e. The van der Waals surface area contributed by atoms with Crippen molar-refractivity contribution in [3.63, 3.8) is 0 Å². The second-order valence-electron chi connectivity index (χ2n) is 7.56. The van der Waals surface area contributed by atoms with E-state index in [1.54, 1.807) is 7.05 Å². The highest BCUT2D eigenvalue weighted by atomic mass is 16.5. The molecular weight excluding hydrogens is 358 g/mol. The standard InChI is InChI=1S/C20H31N5O3/c1-14-11-25(13-17(14)19(26)27-4)20(21-3)23-10-16-5-6-18(22-9-16)24-7-8-28-15(2)12-24/h5-6,9,14-15,17H,7-8,10-13H2,1-4H3,(H,21,23). The lowest BCUT2D eigenvalue weighted by Gasteiger charge is -2.32. The first-order valence-corrected chi connectivity index (χ1v) is 9.86. The monoisotopic (exact) mass is 389 g/mol. The molecular formula is C20H31N5O3. The fraction of sp³-hybridized carbons (Fsp3) is 0.650. The molecule has 2 aliphatic heterocycles. The van der Waals surface area contributed by atoms with Crippen LogP contribution in [0.2, 0.25) is 0 Å². The van der Waals surface area contributed by atoms with Gasteiger partial charge in [0.15, 0.2) is 5.96 Å². The summed E-state index contributed by atoms with van der Waals surface area (Å²) in [5.74, 6) is 1.76. The van der Waals surface area contributed by atoms with Crippen LogP contribution in [0, 0.1) is 11.8 Å². The number of anilines is 1. The van der Waals surface area contributed by atoms with Crippen LogP contribution in [-0.2, 0) is 20.8 Å². The normalized spacial score (nSPS) is 25.7. The summed E-state index contributed by atoms with van der Waals surface area (Å²) >= 11 is 0. The summed E-state index contributed by atoms with van der Waals surface area (Å²) in [6.07, 6.45) is 2.14. The van der Waals surface area contributed by atoms with E-state index in [0.29, 0.717) is 13.1 Å². The van der Waals surface area contributed by atoms with E-state index in [1.807, 2.05) is 6.20 Å². The molecule has 1 N–H and O–H groups in total. The van der Waals surface area contributed by atoms with E-state index in [9.17, 15) is 4.79 Å².